The van der Waals surface area contributed by atoms with Gasteiger partial charge in [0.1, 0.15) is 17.9 Å². The Morgan fingerprint density at radius 1 is 1.03 bits per heavy atom. The van der Waals surface area contributed by atoms with Crippen LogP contribution in [0.5, 0.6) is 0 Å². The van der Waals surface area contributed by atoms with E-state index in [1.54, 1.807) is 24.3 Å². The first-order valence-electron chi connectivity index (χ1n) is 9.32. The van der Waals surface area contributed by atoms with Crippen LogP contribution >= 0.6 is 23.2 Å². The summed E-state index contributed by atoms with van der Waals surface area (Å²) >= 11 is 11.6. The van der Waals surface area contributed by atoms with Gasteiger partial charge < -0.3 is 25.3 Å². The zero-order chi connectivity index (χ0) is 22.8. The summed E-state index contributed by atoms with van der Waals surface area (Å²) in [6.07, 6.45) is -0.623. The van der Waals surface area contributed by atoms with Crippen molar-refractivity contribution >= 4 is 41.1 Å². The Labute approximate surface area is 188 Å². The van der Waals surface area contributed by atoms with Gasteiger partial charge in [-0.05, 0) is 29.8 Å². The van der Waals surface area contributed by atoms with Crippen molar-refractivity contribution in [3.8, 4) is 0 Å². The molecule has 11 heteroatoms. The van der Waals surface area contributed by atoms with E-state index in [0.29, 0.717) is 5.02 Å². The Kier molecular flexibility index (Phi) is 9.36. The second kappa shape index (κ2) is 12.0. The molecule has 1 heterocycles. The van der Waals surface area contributed by atoms with Gasteiger partial charge >= 0.3 is 6.09 Å². The van der Waals surface area contributed by atoms with Crippen molar-refractivity contribution in [1.29, 1.82) is 0 Å². The third kappa shape index (κ3) is 7.01. The molecule has 0 saturated heterocycles. The van der Waals surface area contributed by atoms with E-state index in [4.69, 9.17) is 27.9 Å². The van der Waals surface area contributed by atoms with Crippen molar-refractivity contribution < 1.29 is 19.1 Å². The molecule has 1 aromatic heterocycles. The number of amides is 3. The van der Waals surface area contributed by atoms with E-state index >= 15 is 0 Å². The minimum atomic E-state index is -0.636. The molecule has 0 saturated carbocycles. The highest BCUT2D eigenvalue weighted by Crippen LogP contribution is 2.09. The molecule has 1 aromatic carbocycles. The third-order valence-electron chi connectivity index (χ3n) is 4.15. The number of ether oxygens (including phenoxy) is 1. The first kappa shape index (κ1) is 24.2. The van der Waals surface area contributed by atoms with Crippen molar-refractivity contribution in [3.05, 3.63) is 68.6 Å². The number of pyridine rings is 1. The van der Waals surface area contributed by atoms with Crippen molar-refractivity contribution in [2.45, 2.75) is 13.1 Å². The topological polar surface area (TPSA) is 119 Å². The number of nitrogens with zero attached hydrogens (tertiary/aromatic N) is 1. The maximum Gasteiger partial charge on any atom is 0.406 e. The normalized spacial score (nSPS) is 10.3. The summed E-state index contributed by atoms with van der Waals surface area (Å²) in [6.45, 7) is 0.246. The van der Waals surface area contributed by atoms with Crippen molar-refractivity contribution in [1.82, 2.24) is 20.5 Å². The second-order valence-electron chi connectivity index (χ2n) is 6.23. The number of alkyl halides is 1. The fourth-order valence-electron chi connectivity index (χ4n) is 2.61. The van der Waals surface area contributed by atoms with E-state index in [9.17, 15) is 19.2 Å². The largest absolute Gasteiger partial charge is 0.448 e. The van der Waals surface area contributed by atoms with Gasteiger partial charge in [-0.25, -0.2) is 4.79 Å². The van der Waals surface area contributed by atoms with Crippen LogP contribution in [0.3, 0.4) is 0 Å². The summed E-state index contributed by atoms with van der Waals surface area (Å²) in [7, 11) is 1.42. The van der Waals surface area contributed by atoms with E-state index in [2.05, 4.69) is 16.0 Å². The number of hydrogen-bond donors (Lipinski definition) is 3. The summed E-state index contributed by atoms with van der Waals surface area (Å²) in [5, 5.41) is 8.07. The van der Waals surface area contributed by atoms with Gasteiger partial charge in [-0.1, -0.05) is 23.7 Å². The van der Waals surface area contributed by atoms with E-state index in [0.717, 1.165) is 10.1 Å². The molecule has 0 bridgehead atoms. The van der Waals surface area contributed by atoms with Gasteiger partial charge in [0.05, 0.1) is 6.54 Å². The molecule has 2 aromatic rings. The van der Waals surface area contributed by atoms with E-state index in [-0.39, 0.29) is 43.4 Å². The van der Waals surface area contributed by atoms with Crippen LogP contribution < -0.4 is 21.5 Å². The molecule has 0 fully saturated rings. The number of aromatic nitrogens is 1. The Morgan fingerprint density at radius 3 is 2.39 bits per heavy atom. The van der Waals surface area contributed by atoms with Gasteiger partial charge in [-0.2, -0.15) is 0 Å². The average molecular weight is 469 g/mol. The molecule has 0 aliphatic heterocycles. The number of rotatable bonds is 9. The van der Waals surface area contributed by atoms with Gasteiger partial charge in [0.25, 0.3) is 17.4 Å². The van der Waals surface area contributed by atoms with Crippen LogP contribution in [0.4, 0.5) is 4.79 Å². The van der Waals surface area contributed by atoms with E-state index in [1.165, 1.54) is 19.2 Å². The Bertz CT molecular complexity index is 992. The van der Waals surface area contributed by atoms with Gasteiger partial charge in [0, 0.05) is 31.0 Å². The van der Waals surface area contributed by atoms with Crippen molar-refractivity contribution in [2.24, 2.45) is 0 Å². The predicted octanol–water partition coefficient (Wildman–Crippen LogP) is 1.76. The van der Waals surface area contributed by atoms with Crippen molar-refractivity contribution in [3.63, 3.8) is 0 Å². The molecule has 0 spiro atoms. The minimum absolute atomic E-state index is 0.0379. The van der Waals surface area contributed by atoms with Crippen LogP contribution in [-0.4, -0.2) is 48.6 Å². The van der Waals surface area contributed by atoms with Gasteiger partial charge in [-0.15, -0.1) is 11.6 Å². The highest BCUT2D eigenvalue weighted by Gasteiger charge is 2.18. The van der Waals surface area contributed by atoms with Crippen LogP contribution in [-0.2, 0) is 17.8 Å². The Morgan fingerprint density at radius 2 is 1.74 bits per heavy atom. The molecule has 0 radical (unpaired) electrons. The minimum Gasteiger partial charge on any atom is -0.448 e. The highest BCUT2D eigenvalue weighted by molar-refractivity contribution is 6.30. The smallest absolute Gasteiger partial charge is 0.406 e. The summed E-state index contributed by atoms with van der Waals surface area (Å²) in [6, 6.07) is 9.58. The third-order valence-corrected chi connectivity index (χ3v) is 4.57. The number of carbonyl (C=O) groups excluding carboxylic acids is 3. The van der Waals surface area contributed by atoms with E-state index < -0.39 is 23.5 Å². The lowest BCUT2D eigenvalue weighted by Crippen LogP contribution is -2.38. The molecule has 31 heavy (non-hydrogen) atoms. The molecule has 2 rings (SSSR count). The quantitative estimate of drug-likeness (QED) is 0.382. The summed E-state index contributed by atoms with van der Waals surface area (Å²) in [5.74, 6) is -1.07. The number of alkyl carbamates (subject to hydrolysis) is 1. The van der Waals surface area contributed by atoms with Crippen LogP contribution in [0.25, 0.3) is 0 Å². The monoisotopic (exact) mass is 468 g/mol. The number of hydrogen-bond acceptors (Lipinski definition) is 5. The summed E-state index contributed by atoms with van der Waals surface area (Å²) < 4.78 is 5.92. The zero-order valence-electron chi connectivity index (χ0n) is 16.7. The van der Waals surface area contributed by atoms with Crippen LogP contribution in [0, 0.1) is 0 Å². The molecule has 3 N–H and O–H groups in total. The molecule has 0 aliphatic rings. The van der Waals surface area contributed by atoms with Crippen molar-refractivity contribution in [2.75, 3.05) is 26.1 Å². The average Bonchev–Trinajstić information content (AvgIpc) is 2.77. The van der Waals surface area contributed by atoms with Crippen LogP contribution in [0.15, 0.2) is 41.2 Å². The lowest BCUT2D eigenvalue weighted by atomic mass is 10.2. The SMILES string of the molecule is CNC(=O)OCCNC(=O)c1ccc(C(=O)NCc2ccc(Cl)cc2)c(=O)n1CCCl. The Balaban J connectivity index is 2.10. The lowest BCUT2D eigenvalue weighted by molar-refractivity contribution is 0.0918. The molecular formula is C20H22Cl2N4O5. The standard InChI is InChI=1S/C20H22Cl2N4O5/c1-23-20(30)31-11-9-24-18(28)16-7-6-15(19(29)26(16)10-8-21)17(27)25-12-13-2-4-14(22)5-3-13/h2-7H,8-12H2,1H3,(H,23,30)(H,24,28)(H,25,27). The maximum absolute atomic E-state index is 12.8. The number of carbonyl (C=O) groups is 3. The predicted molar refractivity (Wildman–Crippen MR) is 117 cm³/mol. The second-order valence-corrected chi connectivity index (χ2v) is 7.04. The summed E-state index contributed by atoms with van der Waals surface area (Å²) in [5.41, 5.74) is 0.107. The summed E-state index contributed by atoms with van der Waals surface area (Å²) in [4.78, 5) is 48.8. The molecule has 0 aliphatic carbocycles. The molecule has 3 amide bonds. The molecule has 9 nitrogen and oxygen atoms in total. The molecule has 0 unspecified atom stereocenters. The molecule has 166 valence electrons. The highest BCUT2D eigenvalue weighted by atomic mass is 35.5. The fraction of sp³-hybridized carbons (Fsp3) is 0.300. The molecule has 0 atom stereocenters. The van der Waals surface area contributed by atoms with Gasteiger partial charge in [0.15, 0.2) is 0 Å². The lowest BCUT2D eigenvalue weighted by Gasteiger charge is -2.14. The number of benzene rings is 1. The van der Waals surface area contributed by atoms with E-state index in [1.807, 2.05) is 0 Å². The fourth-order valence-corrected chi connectivity index (χ4v) is 2.90. The van der Waals surface area contributed by atoms with Gasteiger partial charge in [0.2, 0.25) is 0 Å². The maximum atomic E-state index is 12.8. The van der Waals surface area contributed by atoms with Gasteiger partial charge in [-0.3, -0.25) is 14.4 Å². The number of nitrogens with one attached hydrogen (secondary N) is 3. The van der Waals surface area contributed by atoms with Crippen LogP contribution in [0.2, 0.25) is 5.02 Å². The first-order chi connectivity index (χ1) is 14.9. The number of halogens is 2. The van der Waals surface area contributed by atoms with Crippen LogP contribution in [0.1, 0.15) is 26.4 Å². The Hall–Kier alpha value is -3.04. The zero-order valence-corrected chi connectivity index (χ0v) is 18.3. The first-order valence-corrected chi connectivity index (χ1v) is 10.2. The molecular weight excluding hydrogens is 447 g/mol.